The Morgan fingerprint density at radius 1 is 0.107 bits per heavy atom. The molecule has 21 aromatic rings. The van der Waals surface area contributed by atoms with Crippen LogP contribution in [0, 0.1) is 0 Å². The Hall–Kier alpha value is -14.7. The first-order valence-electron chi connectivity index (χ1n) is 38.7. The molecular weight excluding hydrogens is 1350 g/mol. The minimum atomic E-state index is 1.10. The maximum absolute atomic E-state index is 2.45. The van der Waals surface area contributed by atoms with Gasteiger partial charge in [-0.15, -0.1) is 0 Å². The van der Waals surface area contributed by atoms with Crippen LogP contribution in [0.3, 0.4) is 0 Å². The molecule has 0 unspecified atom stereocenters. The van der Waals surface area contributed by atoms with Crippen molar-refractivity contribution in [1.82, 2.24) is 9.13 Å². The molecule has 0 aliphatic rings. The average Bonchev–Trinajstić information content (AvgIpc) is 0.975. The molecule has 19 aromatic carbocycles. The number of fused-ring (bicyclic) bond motifs is 8. The van der Waals surface area contributed by atoms with Crippen LogP contribution in [-0.4, -0.2) is 9.13 Å². The Kier molecular flexibility index (Phi) is 16.3. The lowest BCUT2D eigenvalue weighted by molar-refractivity contribution is 1.18. The molecule has 0 amide bonds. The van der Waals surface area contributed by atoms with Crippen molar-refractivity contribution in [3.05, 3.63) is 437 Å². The fourth-order valence-electron chi connectivity index (χ4n) is 17.4. The fraction of sp³-hybridized carbons (Fsp3) is 0. The van der Waals surface area contributed by atoms with Crippen LogP contribution >= 0.6 is 0 Å². The highest BCUT2D eigenvalue weighted by Crippen LogP contribution is 2.48. The van der Waals surface area contributed by atoms with Crippen LogP contribution in [0.2, 0.25) is 0 Å². The van der Waals surface area contributed by atoms with Crippen LogP contribution in [-0.2, 0) is 0 Å². The zero-order chi connectivity index (χ0) is 74.0. The number of rotatable bonds is 14. The maximum atomic E-state index is 2.45. The summed E-state index contributed by atoms with van der Waals surface area (Å²) in [5.41, 5.74) is 35.4. The summed E-state index contributed by atoms with van der Waals surface area (Å²) in [7, 11) is 0. The van der Waals surface area contributed by atoms with Crippen LogP contribution in [0.1, 0.15) is 0 Å². The van der Waals surface area contributed by atoms with E-state index < -0.39 is 0 Å². The molecule has 2 aromatic heterocycles. The van der Waals surface area contributed by atoms with Crippen molar-refractivity contribution >= 4 is 65.2 Å². The molecular formula is C110H72N2. The van der Waals surface area contributed by atoms with Crippen molar-refractivity contribution in [3.63, 3.8) is 0 Å². The minimum Gasteiger partial charge on any atom is -0.309 e. The van der Waals surface area contributed by atoms with Gasteiger partial charge in [-0.25, -0.2) is 0 Å². The van der Waals surface area contributed by atoms with Gasteiger partial charge in [-0.2, -0.15) is 0 Å². The quantitative estimate of drug-likeness (QED) is 0.0961. The van der Waals surface area contributed by atoms with Crippen molar-refractivity contribution in [2.24, 2.45) is 0 Å². The first-order chi connectivity index (χ1) is 55.5. The summed E-state index contributed by atoms with van der Waals surface area (Å²) < 4.78 is 4.90. The lowest BCUT2D eigenvalue weighted by Gasteiger charge is -2.20. The molecule has 0 N–H and O–H groups in total. The Morgan fingerprint density at radius 2 is 0.286 bits per heavy atom. The average molecular weight is 1420 g/mol. The first-order valence-corrected chi connectivity index (χ1v) is 38.7. The lowest BCUT2D eigenvalue weighted by atomic mass is 9.84. The van der Waals surface area contributed by atoms with Crippen LogP contribution in [0.25, 0.3) is 210 Å². The molecule has 0 fully saturated rings. The van der Waals surface area contributed by atoms with Crippen LogP contribution in [0.4, 0.5) is 0 Å². The molecule has 2 heteroatoms. The molecule has 0 radical (unpaired) electrons. The first kappa shape index (κ1) is 65.6. The van der Waals surface area contributed by atoms with E-state index in [4.69, 9.17) is 0 Å². The summed E-state index contributed by atoms with van der Waals surface area (Å²) >= 11 is 0. The van der Waals surface area contributed by atoms with E-state index in [1.54, 1.807) is 0 Å². The zero-order valence-corrected chi connectivity index (χ0v) is 61.5. The maximum Gasteiger partial charge on any atom is 0.0541 e. The number of aromatic nitrogens is 2. The van der Waals surface area contributed by atoms with Gasteiger partial charge in [0.05, 0.1) is 22.1 Å². The predicted octanol–water partition coefficient (Wildman–Crippen LogP) is 30.2. The van der Waals surface area contributed by atoms with E-state index in [1.807, 2.05) is 0 Å². The van der Waals surface area contributed by atoms with Gasteiger partial charge in [0, 0.05) is 32.9 Å². The zero-order valence-electron chi connectivity index (χ0n) is 61.5. The molecule has 0 atom stereocenters. The Balaban J connectivity index is 0.661. The van der Waals surface area contributed by atoms with Crippen LogP contribution in [0.5, 0.6) is 0 Å². The van der Waals surface area contributed by atoms with Gasteiger partial charge in [-0.05, 0) is 264 Å². The highest BCUT2D eigenvalue weighted by atomic mass is 15.0. The van der Waals surface area contributed by atoms with E-state index in [0.717, 1.165) is 55.7 Å². The standard InChI is InChI=1S/C110H72N2/c1-7-23-73(24-8-1)81-35-19-39-85(63-81)91-49-59-105-99(67-91)100-68-92(86-40-20-36-82(64-86)74-25-9-2-10-26-74)50-60-106(100)111(105)95-53-43-77(44-54-95)89-47-57-97-103(71-89)109(79-31-15-5-16-32-79)98-58-48-90(72-104(98)110(97)80-33-17-6-18-34-80)78-45-55-96(56-46-78)112-107-61-51-93(87-41-21-37-83(65-87)75-27-11-3-12-28-75)69-101(107)102-70-94(52-62-108(102)112)88-42-22-38-84(66-88)76-29-13-4-14-30-76/h1-72H. The Morgan fingerprint density at radius 3 is 0.545 bits per heavy atom. The highest BCUT2D eigenvalue weighted by molar-refractivity contribution is 6.23. The number of nitrogens with zero attached hydrogens (tertiary/aromatic N) is 2. The van der Waals surface area contributed by atoms with Gasteiger partial charge in [0.15, 0.2) is 0 Å². The molecule has 522 valence electrons. The van der Waals surface area contributed by atoms with E-state index in [9.17, 15) is 0 Å². The molecule has 2 nitrogen and oxygen atoms in total. The third-order valence-electron chi connectivity index (χ3n) is 22.9. The third-order valence-corrected chi connectivity index (χ3v) is 22.9. The monoisotopic (exact) mass is 1420 g/mol. The van der Waals surface area contributed by atoms with Crippen molar-refractivity contribution in [2.75, 3.05) is 0 Å². The van der Waals surface area contributed by atoms with E-state index in [-0.39, 0.29) is 0 Å². The minimum absolute atomic E-state index is 1.10. The molecule has 0 saturated carbocycles. The van der Waals surface area contributed by atoms with Gasteiger partial charge in [0.2, 0.25) is 0 Å². The summed E-state index contributed by atoms with van der Waals surface area (Å²) in [6.07, 6.45) is 0. The second-order valence-electron chi connectivity index (χ2n) is 29.5. The van der Waals surface area contributed by atoms with Gasteiger partial charge in [-0.3, -0.25) is 0 Å². The molecule has 2 heterocycles. The smallest absolute Gasteiger partial charge is 0.0541 e. The topological polar surface area (TPSA) is 9.86 Å². The van der Waals surface area contributed by atoms with E-state index in [2.05, 4.69) is 446 Å². The number of hydrogen-bond donors (Lipinski definition) is 0. The molecule has 0 saturated heterocycles. The van der Waals surface area contributed by atoms with Crippen molar-refractivity contribution in [1.29, 1.82) is 0 Å². The van der Waals surface area contributed by atoms with Gasteiger partial charge >= 0.3 is 0 Å². The van der Waals surface area contributed by atoms with E-state index in [0.29, 0.717) is 0 Å². The molecule has 0 aliphatic heterocycles. The van der Waals surface area contributed by atoms with Gasteiger partial charge in [-0.1, -0.05) is 328 Å². The van der Waals surface area contributed by atoms with Crippen molar-refractivity contribution < 1.29 is 0 Å². The fourth-order valence-corrected chi connectivity index (χ4v) is 17.4. The normalized spacial score (nSPS) is 11.6. The Labute approximate surface area is 651 Å². The van der Waals surface area contributed by atoms with Gasteiger partial charge in [0.1, 0.15) is 0 Å². The van der Waals surface area contributed by atoms with Gasteiger partial charge in [0.25, 0.3) is 0 Å². The summed E-state index contributed by atoms with van der Waals surface area (Å²) in [6, 6.07) is 161. The summed E-state index contributed by atoms with van der Waals surface area (Å²) in [6.45, 7) is 0. The molecule has 21 rings (SSSR count). The van der Waals surface area contributed by atoms with E-state index >= 15 is 0 Å². The van der Waals surface area contributed by atoms with E-state index in [1.165, 1.54) is 154 Å². The number of benzene rings is 19. The van der Waals surface area contributed by atoms with Crippen LogP contribution < -0.4 is 0 Å². The van der Waals surface area contributed by atoms with Crippen molar-refractivity contribution in [3.8, 4) is 145 Å². The van der Waals surface area contributed by atoms with Gasteiger partial charge < -0.3 is 9.13 Å². The number of hydrogen-bond acceptors (Lipinski definition) is 0. The molecule has 0 bridgehead atoms. The largest absolute Gasteiger partial charge is 0.309 e. The molecule has 112 heavy (non-hydrogen) atoms. The third kappa shape index (κ3) is 11.9. The lowest BCUT2D eigenvalue weighted by Crippen LogP contribution is -1.95. The second kappa shape index (κ2) is 27.8. The SMILES string of the molecule is c1ccc(-c2cccc(-c3ccc4c(c3)c3cc(-c5cccc(-c6ccccc6)c5)ccc3n4-c3ccc(-c4ccc5c(-c6ccccc6)c6cc(-c7ccc(-n8c9ccc(-c%10cccc(-c%11ccccc%11)c%10)cc9c9cc(-c%10cccc(-c%11ccccc%11)c%10)ccc98)cc7)ccc6c(-c6ccccc6)c5c4)cc3)c2)cc1. The summed E-state index contributed by atoms with van der Waals surface area (Å²) in [4.78, 5) is 0. The summed E-state index contributed by atoms with van der Waals surface area (Å²) in [5, 5.41) is 9.67. The highest BCUT2D eigenvalue weighted by Gasteiger charge is 2.22. The molecule has 0 spiro atoms. The van der Waals surface area contributed by atoms with Crippen LogP contribution in [0.15, 0.2) is 437 Å². The predicted molar refractivity (Wildman–Crippen MR) is 475 cm³/mol. The molecule has 0 aliphatic carbocycles. The second-order valence-corrected chi connectivity index (χ2v) is 29.5. The summed E-state index contributed by atoms with van der Waals surface area (Å²) in [5.74, 6) is 0. The Bertz CT molecular complexity index is 6450. The van der Waals surface area contributed by atoms with Crippen molar-refractivity contribution in [2.45, 2.75) is 0 Å².